The highest BCUT2D eigenvalue weighted by Gasteiger charge is 2.21. The maximum atomic E-state index is 12.3. The summed E-state index contributed by atoms with van der Waals surface area (Å²) in [7, 11) is -4.01. The summed E-state index contributed by atoms with van der Waals surface area (Å²) in [6.07, 6.45) is 1.10. The first kappa shape index (κ1) is 16.3. The second-order valence-electron chi connectivity index (χ2n) is 4.77. The zero-order valence-electron chi connectivity index (χ0n) is 11.8. The van der Waals surface area contributed by atoms with Gasteiger partial charge >= 0.3 is 0 Å². The van der Waals surface area contributed by atoms with Crippen LogP contribution >= 0.6 is 11.6 Å². The van der Waals surface area contributed by atoms with E-state index in [1.807, 2.05) is 11.6 Å². The molecule has 2 rings (SSSR count). The van der Waals surface area contributed by atoms with Crippen LogP contribution in [-0.2, 0) is 10.0 Å². The lowest BCUT2D eigenvalue weighted by Crippen LogP contribution is -2.31. The molecule has 116 valence electrons. The quantitative estimate of drug-likeness (QED) is 0.889. The zero-order valence-corrected chi connectivity index (χ0v) is 13.4. The molecule has 1 aromatic heterocycles. The van der Waals surface area contributed by atoms with Crippen molar-refractivity contribution in [2.24, 2.45) is 0 Å². The molecule has 0 spiro atoms. The largest absolute Gasteiger partial charge is 0.327 e. The Hall–Kier alpha value is -2.12. The van der Waals surface area contributed by atoms with Crippen molar-refractivity contribution in [1.82, 2.24) is 9.71 Å². The third-order valence-corrected chi connectivity index (χ3v) is 4.74. The summed E-state index contributed by atoms with van der Waals surface area (Å²) in [5.74, 6) is -0.877. The molecule has 1 aromatic carbocycles. The molecule has 22 heavy (non-hydrogen) atoms. The van der Waals surface area contributed by atoms with E-state index in [-0.39, 0.29) is 15.5 Å². The fourth-order valence-electron chi connectivity index (χ4n) is 1.92. The lowest BCUT2D eigenvalue weighted by Gasteiger charge is -2.10. The number of aromatic nitrogens is 1. The Morgan fingerprint density at radius 1 is 1.23 bits per heavy atom. The minimum atomic E-state index is -4.01. The molecule has 0 unspecified atom stereocenters. The number of hydrogen-bond donors (Lipinski definition) is 2. The normalized spacial score (nSPS) is 11.2. The van der Waals surface area contributed by atoms with Crippen LogP contribution in [0.4, 0.5) is 0 Å². The molecule has 0 aliphatic heterocycles. The van der Waals surface area contributed by atoms with Gasteiger partial charge in [0.25, 0.3) is 21.5 Å². The standard InChI is InChI=1S/C14H13ClN2O4S/c1-8-3-4-12(9(2)5-8)22(20,21)17-13(18)10-6-11(15)14(19)16-7-10/h3-7H,1-2H3,(H,16,19)(H,17,18). The lowest BCUT2D eigenvalue weighted by atomic mass is 10.2. The van der Waals surface area contributed by atoms with E-state index in [4.69, 9.17) is 11.6 Å². The number of carbonyl (C=O) groups excluding carboxylic acids is 1. The third-order valence-electron chi connectivity index (χ3n) is 2.97. The number of carbonyl (C=O) groups is 1. The smallest absolute Gasteiger partial charge is 0.266 e. The molecule has 2 N–H and O–H groups in total. The number of amides is 1. The van der Waals surface area contributed by atoms with Crippen LogP contribution < -0.4 is 10.3 Å². The number of benzene rings is 1. The van der Waals surface area contributed by atoms with Gasteiger partial charge in [-0.05, 0) is 31.5 Å². The molecule has 1 heterocycles. The molecule has 0 radical (unpaired) electrons. The van der Waals surface area contributed by atoms with Crippen LogP contribution in [-0.4, -0.2) is 19.3 Å². The number of hydrogen-bond acceptors (Lipinski definition) is 4. The third kappa shape index (κ3) is 3.37. The number of H-pyrrole nitrogens is 1. The molecule has 1 amide bonds. The van der Waals surface area contributed by atoms with Gasteiger partial charge in [0.05, 0.1) is 10.5 Å². The minimum Gasteiger partial charge on any atom is -0.327 e. The summed E-state index contributed by atoms with van der Waals surface area (Å²) in [5.41, 5.74) is 0.823. The van der Waals surface area contributed by atoms with Crippen LogP contribution in [0.25, 0.3) is 0 Å². The van der Waals surface area contributed by atoms with Crippen molar-refractivity contribution < 1.29 is 13.2 Å². The highest BCUT2D eigenvalue weighted by molar-refractivity contribution is 7.90. The van der Waals surface area contributed by atoms with Gasteiger partial charge in [-0.25, -0.2) is 13.1 Å². The SMILES string of the molecule is Cc1ccc(S(=O)(=O)NC(=O)c2c[nH]c(=O)c(Cl)c2)c(C)c1. The molecule has 6 nitrogen and oxygen atoms in total. The number of rotatable bonds is 3. The molecule has 0 aliphatic rings. The molecule has 0 atom stereocenters. The Labute approximate surface area is 132 Å². The Balaban J connectivity index is 2.33. The first-order valence-corrected chi connectivity index (χ1v) is 8.09. The summed E-state index contributed by atoms with van der Waals surface area (Å²) in [5, 5.41) is -0.198. The fraction of sp³-hybridized carbons (Fsp3) is 0.143. The number of nitrogens with one attached hydrogen (secondary N) is 2. The van der Waals surface area contributed by atoms with Crippen molar-refractivity contribution >= 4 is 27.5 Å². The first-order valence-electron chi connectivity index (χ1n) is 6.23. The first-order chi connectivity index (χ1) is 10.2. The highest BCUT2D eigenvalue weighted by Crippen LogP contribution is 2.16. The molecule has 8 heteroatoms. The lowest BCUT2D eigenvalue weighted by molar-refractivity contribution is 0.0981. The van der Waals surface area contributed by atoms with Gasteiger partial charge in [0.1, 0.15) is 5.02 Å². The van der Waals surface area contributed by atoms with Crippen LogP contribution in [0.15, 0.2) is 40.2 Å². The Kier molecular flexibility index (Phi) is 4.39. The maximum absolute atomic E-state index is 12.3. The van der Waals surface area contributed by atoms with Crippen LogP contribution in [0, 0.1) is 13.8 Å². The zero-order chi connectivity index (χ0) is 16.5. The predicted octanol–water partition coefficient (Wildman–Crippen LogP) is 1.76. The summed E-state index contributed by atoms with van der Waals surface area (Å²) in [6.45, 7) is 3.48. The predicted molar refractivity (Wildman–Crippen MR) is 82.6 cm³/mol. The van der Waals surface area contributed by atoms with E-state index in [1.54, 1.807) is 19.1 Å². The summed E-state index contributed by atoms with van der Waals surface area (Å²) < 4.78 is 26.5. The average molecular weight is 341 g/mol. The molecule has 0 saturated heterocycles. The second kappa shape index (κ2) is 5.94. The summed E-state index contributed by atoms with van der Waals surface area (Å²) in [4.78, 5) is 25.4. The van der Waals surface area contributed by atoms with Crippen molar-refractivity contribution in [2.75, 3.05) is 0 Å². The van der Waals surface area contributed by atoms with Crippen LogP contribution in [0.1, 0.15) is 21.5 Å². The topological polar surface area (TPSA) is 96.1 Å². The van der Waals surface area contributed by atoms with Gasteiger partial charge < -0.3 is 4.98 Å². The van der Waals surface area contributed by atoms with Gasteiger partial charge in [0.2, 0.25) is 0 Å². The molecule has 0 saturated carbocycles. The van der Waals surface area contributed by atoms with E-state index in [9.17, 15) is 18.0 Å². The summed E-state index contributed by atoms with van der Waals surface area (Å²) >= 11 is 5.62. The van der Waals surface area contributed by atoms with Gasteiger partial charge in [-0.2, -0.15) is 0 Å². The van der Waals surface area contributed by atoms with Gasteiger partial charge in [0, 0.05) is 6.20 Å². The molecule has 0 bridgehead atoms. The number of aromatic amines is 1. The number of halogens is 1. The summed E-state index contributed by atoms with van der Waals surface area (Å²) in [6, 6.07) is 5.88. The van der Waals surface area contributed by atoms with E-state index in [1.165, 1.54) is 6.07 Å². The van der Waals surface area contributed by atoms with E-state index in [2.05, 4.69) is 4.98 Å². The maximum Gasteiger partial charge on any atom is 0.266 e. The second-order valence-corrected chi connectivity index (χ2v) is 6.83. The van der Waals surface area contributed by atoms with Crippen molar-refractivity contribution in [3.05, 3.63) is 62.5 Å². The Morgan fingerprint density at radius 3 is 2.50 bits per heavy atom. The fourth-order valence-corrected chi connectivity index (χ4v) is 3.30. The van der Waals surface area contributed by atoms with Gasteiger partial charge in [-0.1, -0.05) is 29.3 Å². The van der Waals surface area contributed by atoms with Gasteiger partial charge in [0.15, 0.2) is 0 Å². The Bertz CT molecular complexity index is 903. The molecular weight excluding hydrogens is 328 g/mol. The van der Waals surface area contributed by atoms with Crippen LogP contribution in [0.5, 0.6) is 0 Å². The van der Waals surface area contributed by atoms with Gasteiger partial charge in [-0.15, -0.1) is 0 Å². The number of sulfonamides is 1. The van der Waals surface area contributed by atoms with E-state index < -0.39 is 21.5 Å². The van der Waals surface area contributed by atoms with Crippen LogP contribution in [0.2, 0.25) is 5.02 Å². The molecule has 0 aliphatic carbocycles. The van der Waals surface area contributed by atoms with Gasteiger partial charge in [-0.3, -0.25) is 9.59 Å². The number of pyridine rings is 1. The molecule has 2 aromatic rings. The van der Waals surface area contributed by atoms with E-state index in [0.717, 1.165) is 17.8 Å². The van der Waals surface area contributed by atoms with E-state index in [0.29, 0.717) is 5.56 Å². The highest BCUT2D eigenvalue weighted by atomic mass is 35.5. The van der Waals surface area contributed by atoms with Crippen LogP contribution in [0.3, 0.4) is 0 Å². The van der Waals surface area contributed by atoms with Crippen molar-refractivity contribution in [1.29, 1.82) is 0 Å². The van der Waals surface area contributed by atoms with Crippen molar-refractivity contribution in [2.45, 2.75) is 18.7 Å². The molecular formula is C14H13ClN2O4S. The van der Waals surface area contributed by atoms with E-state index >= 15 is 0 Å². The number of aryl methyl sites for hydroxylation is 2. The monoisotopic (exact) mass is 340 g/mol. The minimum absolute atomic E-state index is 0.0157. The Morgan fingerprint density at radius 2 is 1.91 bits per heavy atom. The van der Waals surface area contributed by atoms with Crippen molar-refractivity contribution in [3.63, 3.8) is 0 Å². The molecule has 0 fully saturated rings. The average Bonchev–Trinajstić information content (AvgIpc) is 2.40. The van der Waals surface area contributed by atoms with Crippen molar-refractivity contribution in [3.8, 4) is 0 Å².